The average Bonchev–Trinajstić information content (AvgIpc) is 2.96. The summed E-state index contributed by atoms with van der Waals surface area (Å²) in [4.78, 5) is 39.3. The highest BCUT2D eigenvalue weighted by Gasteiger charge is 2.73. The number of anilines is 1. The Bertz CT molecular complexity index is 1560. The van der Waals surface area contributed by atoms with Gasteiger partial charge in [0.2, 0.25) is 0 Å². The average molecular weight is 763 g/mol. The van der Waals surface area contributed by atoms with E-state index >= 15 is 0 Å². The van der Waals surface area contributed by atoms with Gasteiger partial charge < -0.3 is 9.64 Å². The molecule has 3 aromatic rings. The molecule has 0 aromatic heterocycles. The van der Waals surface area contributed by atoms with Gasteiger partial charge in [-0.2, -0.15) is 39.5 Å². The van der Waals surface area contributed by atoms with Crippen molar-refractivity contribution >= 4 is 45.9 Å². The second-order valence-electron chi connectivity index (χ2n) is 9.44. The van der Waals surface area contributed by atoms with E-state index in [-0.39, 0.29) is 35.8 Å². The van der Waals surface area contributed by atoms with Crippen molar-refractivity contribution in [1.29, 1.82) is 0 Å². The summed E-state index contributed by atoms with van der Waals surface area (Å²) >= 11 is 1.00. The summed E-state index contributed by atoms with van der Waals surface area (Å²) in [6.07, 6.45) is -20.3. The zero-order valence-electron chi connectivity index (χ0n) is 22.7. The quantitative estimate of drug-likeness (QED) is 0.0955. The Labute approximate surface area is 262 Å². The van der Waals surface area contributed by atoms with Gasteiger partial charge in [0, 0.05) is 38.9 Å². The fraction of sp³-hybridized carbons (Fsp3) is 0.276. The van der Waals surface area contributed by atoms with Gasteiger partial charge in [0.25, 0.3) is 5.91 Å². The van der Waals surface area contributed by atoms with Crippen LogP contribution >= 0.6 is 22.6 Å². The second kappa shape index (κ2) is 13.3. The van der Waals surface area contributed by atoms with E-state index in [1.807, 2.05) is 0 Å². The molecule has 0 spiro atoms. The van der Waals surface area contributed by atoms with E-state index in [1.165, 1.54) is 24.3 Å². The maximum atomic E-state index is 14.6. The summed E-state index contributed by atoms with van der Waals surface area (Å²) in [6, 6.07) is 12.0. The zero-order chi connectivity index (χ0) is 34.0. The first-order valence-corrected chi connectivity index (χ1v) is 13.6. The van der Waals surface area contributed by atoms with Gasteiger partial charge in [0.1, 0.15) is 0 Å². The van der Waals surface area contributed by atoms with Crippen molar-refractivity contribution in [3.63, 3.8) is 0 Å². The number of carbonyl (C=O) groups excluding carboxylic acids is 3. The van der Waals surface area contributed by atoms with Crippen LogP contribution in [0.2, 0.25) is 0 Å². The van der Waals surface area contributed by atoms with Crippen molar-refractivity contribution < 1.29 is 63.0 Å². The predicted octanol–water partition coefficient (Wildman–Crippen LogP) is 8.23. The third kappa shape index (κ3) is 7.76. The largest absolute Gasteiger partial charge is 0.469 e. The van der Waals surface area contributed by atoms with Gasteiger partial charge in [-0.05, 0) is 64.6 Å². The Hall–Kier alpha value is -3.70. The Balaban J connectivity index is 2.07. The maximum Gasteiger partial charge on any atom is 0.435 e. The molecule has 0 radical (unpaired) electrons. The van der Waals surface area contributed by atoms with Gasteiger partial charge in [0.05, 0.1) is 19.1 Å². The molecule has 0 unspecified atom stereocenters. The number of ketones is 1. The highest BCUT2D eigenvalue weighted by atomic mass is 127. The first-order valence-electron chi connectivity index (χ1n) is 12.5. The first kappa shape index (κ1) is 35.8. The van der Waals surface area contributed by atoms with Gasteiger partial charge in [-0.3, -0.25) is 14.4 Å². The normalized spacial score (nSPS) is 12.5. The number of benzene rings is 3. The second-order valence-corrected chi connectivity index (χ2v) is 10.6. The topological polar surface area (TPSA) is 63.7 Å². The lowest BCUT2D eigenvalue weighted by Crippen LogP contribution is -2.50. The van der Waals surface area contributed by atoms with Crippen molar-refractivity contribution in [2.45, 2.75) is 37.0 Å². The summed E-state index contributed by atoms with van der Waals surface area (Å²) in [5.74, 6) is -2.36. The molecule has 0 aliphatic rings. The molecule has 0 saturated carbocycles. The van der Waals surface area contributed by atoms with Crippen LogP contribution in [-0.2, 0) is 27.8 Å². The van der Waals surface area contributed by atoms with Crippen molar-refractivity contribution in [2.75, 3.05) is 18.6 Å². The number of ether oxygens (including phenoxy) is 1. The predicted molar refractivity (Wildman–Crippen MR) is 148 cm³/mol. The molecule has 0 N–H and O–H groups in total. The van der Waals surface area contributed by atoms with E-state index in [4.69, 9.17) is 0 Å². The van der Waals surface area contributed by atoms with E-state index in [0.29, 0.717) is 0 Å². The summed E-state index contributed by atoms with van der Waals surface area (Å²) < 4.78 is 140. The molecule has 16 heteroatoms. The SMILES string of the molecule is COC(=O)CCN(C(=O)c1ccccc1)c1cccc(C(=O)Cc2c(I)cc(C(F)(C(F)(F)F)C(F)(F)F)cc2C(F)(F)F)c1. The smallest absolute Gasteiger partial charge is 0.435 e. The molecule has 0 bridgehead atoms. The highest BCUT2D eigenvalue weighted by molar-refractivity contribution is 14.1. The molecule has 0 saturated heterocycles. The van der Waals surface area contributed by atoms with E-state index < -0.39 is 74.6 Å². The van der Waals surface area contributed by atoms with Crippen LogP contribution in [0.1, 0.15) is 43.8 Å². The molecule has 0 aliphatic carbocycles. The Morgan fingerprint density at radius 3 is 1.89 bits per heavy atom. The fourth-order valence-corrected chi connectivity index (χ4v) is 5.07. The van der Waals surface area contributed by atoms with Gasteiger partial charge in [-0.15, -0.1) is 0 Å². The number of methoxy groups -OCH3 is 1. The monoisotopic (exact) mass is 763 g/mol. The van der Waals surface area contributed by atoms with Crippen molar-refractivity contribution in [3.05, 3.63) is 98.1 Å². The molecule has 3 rings (SSSR count). The Morgan fingerprint density at radius 2 is 1.36 bits per heavy atom. The number of hydrogen-bond donors (Lipinski definition) is 0. The molecule has 0 aliphatic heterocycles. The van der Waals surface area contributed by atoms with Crippen LogP contribution in [0.5, 0.6) is 0 Å². The maximum absolute atomic E-state index is 14.6. The minimum absolute atomic E-state index is 0.0388. The van der Waals surface area contributed by atoms with Crippen LogP contribution in [0.15, 0.2) is 66.7 Å². The van der Waals surface area contributed by atoms with E-state index in [0.717, 1.165) is 46.7 Å². The molecule has 0 heterocycles. The van der Waals surface area contributed by atoms with Crippen LogP contribution in [0.25, 0.3) is 0 Å². The number of amides is 1. The van der Waals surface area contributed by atoms with Crippen LogP contribution in [0.4, 0.5) is 49.6 Å². The molecule has 0 fully saturated rings. The van der Waals surface area contributed by atoms with Gasteiger partial charge in [-0.1, -0.05) is 30.3 Å². The minimum Gasteiger partial charge on any atom is -0.469 e. The van der Waals surface area contributed by atoms with Crippen LogP contribution in [0.3, 0.4) is 0 Å². The molecule has 5 nitrogen and oxygen atoms in total. The number of nitrogens with zero attached hydrogens (tertiary/aromatic N) is 1. The summed E-state index contributed by atoms with van der Waals surface area (Å²) in [5.41, 5.74) is -11.6. The number of hydrogen-bond acceptors (Lipinski definition) is 4. The number of carbonyl (C=O) groups is 3. The molecular formula is C29H20F10INO4. The third-order valence-corrected chi connectivity index (χ3v) is 7.49. The molecular weight excluding hydrogens is 743 g/mol. The Kier molecular flexibility index (Phi) is 10.6. The summed E-state index contributed by atoms with van der Waals surface area (Å²) in [7, 11) is 1.12. The molecule has 3 aromatic carbocycles. The van der Waals surface area contributed by atoms with Gasteiger partial charge >= 0.3 is 30.2 Å². The van der Waals surface area contributed by atoms with E-state index in [2.05, 4.69) is 4.74 Å². The van der Waals surface area contributed by atoms with Crippen LogP contribution in [0, 0.1) is 3.57 Å². The number of Topliss-reactive ketones (excluding diaryl/α,β-unsaturated/α-hetero) is 1. The first-order chi connectivity index (χ1) is 20.7. The fourth-order valence-electron chi connectivity index (χ4n) is 4.26. The zero-order valence-corrected chi connectivity index (χ0v) is 24.9. The van der Waals surface area contributed by atoms with Crippen LogP contribution in [-0.4, -0.2) is 43.7 Å². The van der Waals surface area contributed by atoms with E-state index in [9.17, 15) is 58.3 Å². The Morgan fingerprint density at radius 1 is 0.778 bits per heavy atom. The highest BCUT2D eigenvalue weighted by Crippen LogP contribution is 2.54. The number of rotatable bonds is 9. The van der Waals surface area contributed by atoms with Crippen molar-refractivity contribution in [2.24, 2.45) is 0 Å². The number of esters is 1. The molecule has 242 valence electrons. The van der Waals surface area contributed by atoms with Crippen molar-refractivity contribution in [3.8, 4) is 0 Å². The molecule has 0 atom stereocenters. The number of alkyl halides is 10. The third-order valence-electron chi connectivity index (χ3n) is 6.53. The lowest BCUT2D eigenvalue weighted by atomic mass is 9.89. The molecule has 1 amide bonds. The summed E-state index contributed by atoms with van der Waals surface area (Å²) in [5, 5.41) is 0. The van der Waals surface area contributed by atoms with E-state index in [1.54, 1.807) is 18.2 Å². The van der Waals surface area contributed by atoms with Crippen LogP contribution < -0.4 is 4.90 Å². The van der Waals surface area contributed by atoms with Crippen molar-refractivity contribution in [1.82, 2.24) is 0 Å². The molecule has 45 heavy (non-hydrogen) atoms. The van der Waals surface area contributed by atoms with Gasteiger partial charge in [0.15, 0.2) is 5.78 Å². The lowest BCUT2D eigenvalue weighted by Gasteiger charge is -2.31. The lowest BCUT2D eigenvalue weighted by molar-refractivity contribution is -0.348. The summed E-state index contributed by atoms with van der Waals surface area (Å²) in [6.45, 7) is -0.237. The number of halogens is 11. The minimum atomic E-state index is -6.66. The standard InChI is InChI=1S/C29H20F10INO4/c1-45-24(43)10-11-41(25(44)16-6-3-2-4-7-16)19-9-5-8-17(12-19)23(42)15-20-21(27(31,32)33)13-18(14-22(20)40)26(30,28(34,35)36)29(37,38)39/h2-9,12-14H,10-11,15H2,1H3. The van der Waals surface area contributed by atoms with Gasteiger partial charge in [-0.25, -0.2) is 4.39 Å².